The maximum Gasteiger partial charge on any atom is 0.0346 e. The van der Waals surface area contributed by atoms with Crippen molar-refractivity contribution in [3.8, 4) is 0 Å². The molecule has 0 saturated heterocycles. The molecule has 0 saturated carbocycles. The second-order valence-corrected chi connectivity index (χ2v) is 6.65. The summed E-state index contributed by atoms with van der Waals surface area (Å²) in [5.41, 5.74) is 2.80. The monoisotopic (exact) mass is 294 g/mol. The molecular formula is C18H18N2S. The minimum atomic E-state index is 0.499. The number of benzene rings is 1. The summed E-state index contributed by atoms with van der Waals surface area (Å²) < 4.78 is 0. The van der Waals surface area contributed by atoms with E-state index in [1.165, 1.54) is 41.2 Å². The van der Waals surface area contributed by atoms with Gasteiger partial charge in [0.1, 0.15) is 0 Å². The maximum atomic E-state index is 4.37. The minimum Gasteiger partial charge on any atom is -0.306 e. The van der Waals surface area contributed by atoms with Gasteiger partial charge >= 0.3 is 0 Å². The summed E-state index contributed by atoms with van der Waals surface area (Å²) in [6.07, 6.45) is 7.71. The molecule has 2 aromatic heterocycles. The van der Waals surface area contributed by atoms with Gasteiger partial charge in [-0.15, -0.1) is 11.3 Å². The summed E-state index contributed by atoms with van der Waals surface area (Å²) in [5, 5.41) is 8.49. The zero-order valence-electron chi connectivity index (χ0n) is 11.9. The van der Waals surface area contributed by atoms with Gasteiger partial charge in [-0.3, -0.25) is 4.98 Å². The van der Waals surface area contributed by atoms with Gasteiger partial charge in [0.15, 0.2) is 0 Å². The average molecular weight is 294 g/mol. The van der Waals surface area contributed by atoms with Crippen LogP contribution in [0.5, 0.6) is 0 Å². The normalized spacial score (nSPS) is 17.8. The number of nitrogens with zero attached hydrogens (tertiary/aromatic N) is 1. The van der Waals surface area contributed by atoms with Crippen molar-refractivity contribution in [3.05, 3.63) is 64.1 Å². The van der Waals surface area contributed by atoms with Gasteiger partial charge in [0.25, 0.3) is 0 Å². The summed E-state index contributed by atoms with van der Waals surface area (Å²) in [5.74, 6) is 0. The van der Waals surface area contributed by atoms with Crippen molar-refractivity contribution < 1.29 is 0 Å². The van der Waals surface area contributed by atoms with Gasteiger partial charge in [0.2, 0.25) is 0 Å². The molecule has 0 spiro atoms. The van der Waals surface area contributed by atoms with Crippen molar-refractivity contribution in [3.63, 3.8) is 0 Å². The summed E-state index contributed by atoms with van der Waals surface area (Å²) in [4.78, 5) is 5.94. The molecule has 1 atom stereocenters. The van der Waals surface area contributed by atoms with Crippen LogP contribution in [0, 0.1) is 0 Å². The smallest absolute Gasteiger partial charge is 0.0346 e. The molecule has 2 nitrogen and oxygen atoms in total. The third kappa shape index (κ3) is 2.47. The highest BCUT2D eigenvalue weighted by molar-refractivity contribution is 7.10. The van der Waals surface area contributed by atoms with Crippen molar-refractivity contribution in [1.82, 2.24) is 10.3 Å². The van der Waals surface area contributed by atoms with Gasteiger partial charge in [-0.25, -0.2) is 0 Å². The largest absolute Gasteiger partial charge is 0.306 e. The molecule has 0 aliphatic heterocycles. The molecular weight excluding hydrogens is 276 g/mol. The molecule has 0 radical (unpaired) electrons. The Morgan fingerprint density at radius 2 is 2.14 bits per heavy atom. The van der Waals surface area contributed by atoms with Crippen LogP contribution in [0.2, 0.25) is 0 Å². The number of hydrogen-bond acceptors (Lipinski definition) is 3. The molecule has 4 rings (SSSR count). The van der Waals surface area contributed by atoms with Crippen LogP contribution in [0.25, 0.3) is 10.8 Å². The summed E-state index contributed by atoms with van der Waals surface area (Å²) in [6, 6.07) is 11.3. The summed E-state index contributed by atoms with van der Waals surface area (Å²) >= 11 is 1.90. The highest BCUT2D eigenvalue weighted by Gasteiger charge is 2.20. The molecule has 0 bridgehead atoms. The van der Waals surface area contributed by atoms with Gasteiger partial charge < -0.3 is 5.32 Å². The molecule has 106 valence electrons. The lowest BCUT2D eigenvalue weighted by Gasteiger charge is -2.24. The van der Waals surface area contributed by atoms with Crippen LogP contribution in [0.15, 0.2) is 48.1 Å². The molecule has 1 N–H and O–H groups in total. The maximum absolute atomic E-state index is 4.37. The Balaban J connectivity index is 1.57. The Labute approximate surface area is 128 Å². The van der Waals surface area contributed by atoms with Crippen molar-refractivity contribution in [2.75, 3.05) is 0 Å². The second-order valence-electron chi connectivity index (χ2n) is 5.64. The third-order valence-corrected chi connectivity index (χ3v) is 5.34. The number of fused-ring (bicyclic) bond motifs is 2. The molecule has 3 aromatic rings. The van der Waals surface area contributed by atoms with Crippen LogP contribution in [-0.2, 0) is 13.0 Å². The van der Waals surface area contributed by atoms with Crippen LogP contribution < -0.4 is 5.32 Å². The number of aromatic nitrogens is 1. The van der Waals surface area contributed by atoms with Crippen molar-refractivity contribution in [2.24, 2.45) is 0 Å². The molecule has 2 heterocycles. The Kier molecular flexibility index (Phi) is 3.45. The van der Waals surface area contributed by atoms with Crippen molar-refractivity contribution in [1.29, 1.82) is 0 Å². The predicted octanol–water partition coefficient (Wildman–Crippen LogP) is 4.46. The third-order valence-electron chi connectivity index (χ3n) is 4.34. The highest BCUT2D eigenvalue weighted by Crippen LogP contribution is 2.33. The summed E-state index contributed by atoms with van der Waals surface area (Å²) in [7, 11) is 0. The lowest BCUT2D eigenvalue weighted by molar-refractivity contribution is 0.463. The molecule has 21 heavy (non-hydrogen) atoms. The van der Waals surface area contributed by atoms with E-state index >= 15 is 0 Å². The van der Waals surface area contributed by atoms with E-state index < -0.39 is 0 Å². The van der Waals surface area contributed by atoms with Gasteiger partial charge in [-0.1, -0.05) is 24.3 Å². The number of rotatable bonds is 3. The second kappa shape index (κ2) is 5.58. The number of pyridine rings is 1. The van der Waals surface area contributed by atoms with Gasteiger partial charge in [0, 0.05) is 35.2 Å². The first-order valence-electron chi connectivity index (χ1n) is 7.53. The zero-order chi connectivity index (χ0) is 14.1. The van der Waals surface area contributed by atoms with Crippen LogP contribution in [0.1, 0.15) is 34.9 Å². The van der Waals surface area contributed by atoms with Crippen LogP contribution in [-0.4, -0.2) is 4.98 Å². The Morgan fingerprint density at radius 3 is 3.14 bits per heavy atom. The first-order chi connectivity index (χ1) is 10.4. The van der Waals surface area contributed by atoms with E-state index in [4.69, 9.17) is 0 Å². The number of nitrogens with one attached hydrogen (secondary N) is 1. The topological polar surface area (TPSA) is 24.9 Å². The fraction of sp³-hybridized carbons (Fsp3) is 0.278. The SMILES string of the molecule is c1ccc2c(CNC3CCCc4sccc43)cncc2c1. The van der Waals surface area contributed by atoms with E-state index in [2.05, 4.69) is 46.0 Å². The van der Waals surface area contributed by atoms with Gasteiger partial charge in [-0.2, -0.15) is 0 Å². The minimum absolute atomic E-state index is 0.499. The van der Waals surface area contributed by atoms with Crippen LogP contribution >= 0.6 is 11.3 Å². The number of aryl methyl sites for hydroxylation is 1. The number of thiophene rings is 1. The first-order valence-corrected chi connectivity index (χ1v) is 8.41. The van der Waals surface area contributed by atoms with Gasteiger partial charge in [0.05, 0.1) is 0 Å². The predicted molar refractivity (Wildman–Crippen MR) is 88.6 cm³/mol. The average Bonchev–Trinajstić information content (AvgIpc) is 3.02. The lowest BCUT2D eigenvalue weighted by Crippen LogP contribution is -2.24. The molecule has 0 fully saturated rings. The standard InChI is InChI=1S/C18H18N2S/c1-2-5-15-13(4-1)10-19-11-14(15)12-20-17-6-3-7-18-16(17)8-9-21-18/h1-2,4-5,8-11,17,20H,3,6-7,12H2. The Morgan fingerprint density at radius 1 is 1.19 bits per heavy atom. The first kappa shape index (κ1) is 13.0. The fourth-order valence-electron chi connectivity index (χ4n) is 3.25. The van der Waals surface area contributed by atoms with E-state index in [9.17, 15) is 0 Å². The molecule has 0 amide bonds. The summed E-state index contributed by atoms with van der Waals surface area (Å²) in [6.45, 7) is 0.883. The lowest BCUT2D eigenvalue weighted by atomic mass is 9.94. The number of hydrogen-bond donors (Lipinski definition) is 1. The molecule has 1 aliphatic carbocycles. The van der Waals surface area contributed by atoms with E-state index in [1.807, 2.05) is 23.7 Å². The van der Waals surface area contributed by atoms with Gasteiger partial charge in [-0.05, 0) is 47.2 Å². The highest BCUT2D eigenvalue weighted by atomic mass is 32.1. The van der Waals surface area contributed by atoms with E-state index in [1.54, 1.807) is 4.88 Å². The van der Waals surface area contributed by atoms with Crippen LogP contribution in [0.4, 0.5) is 0 Å². The zero-order valence-corrected chi connectivity index (χ0v) is 12.7. The molecule has 1 aromatic carbocycles. The van der Waals surface area contributed by atoms with Crippen molar-refractivity contribution >= 4 is 22.1 Å². The van der Waals surface area contributed by atoms with Crippen molar-refractivity contribution in [2.45, 2.75) is 31.8 Å². The van der Waals surface area contributed by atoms with E-state index in [-0.39, 0.29) is 0 Å². The quantitative estimate of drug-likeness (QED) is 0.771. The van der Waals surface area contributed by atoms with E-state index in [0.29, 0.717) is 6.04 Å². The molecule has 3 heteroatoms. The van der Waals surface area contributed by atoms with E-state index in [0.717, 1.165) is 6.54 Å². The Bertz CT molecular complexity index is 757. The fourth-order valence-corrected chi connectivity index (χ4v) is 4.24. The molecule has 1 aliphatic rings. The van der Waals surface area contributed by atoms with Crippen LogP contribution in [0.3, 0.4) is 0 Å². The Hall–Kier alpha value is -1.71. The molecule has 1 unspecified atom stereocenters.